The van der Waals surface area contributed by atoms with Crippen molar-refractivity contribution in [2.75, 3.05) is 11.5 Å². The Bertz CT molecular complexity index is 710. The Balaban J connectivity index is 1.62. The predicted octanol–water partition coefficient (Wildman–Crippen LogP) is 1.26. The van der Waals surface area contributed by atoms with Gasteiger partial charge in [-0.05, 0) is 26.2 Å². The van der Waals surface area contributed by atoms with Gasteiger partial charge in [-0.3, -0.25) is 4.79 Å². The van der Waals surface area contributed by atoms with Crippen LogP contribution in [0.2, 0.25) is 0 Å². The molecular formula is C15H24N4O3S2. The minimum Gasteiger partial charge on any atom is -0.352 e. The molecule has 0 spiro atoms. The highest BCUT2D eigenvalue weighted by Crippen LogP contribution is 2.30. The Morgan fingerprint density at radius 1 is 1.29 bits per heavy atom. The molecule has 0 bridgehead atoms. The molecule has 1 aromatic rings. The van der Waals surface area contributed by atoms with Crippen molar-refractivity contribution in [3.63, 3.8) is 0 Å². The van der Waals surface area contributed by atoms with E-state index in [1.807, 2.05) is 18.5 Å². The van der Waals surface area contributed by atoms with E-state index < -0.39 is 9.84 Å². The van der Waals surface area contributed by atoms with Gasteiger partial charge in [0.15, 0.2) is 15.0 Å². The van der Waals surface area contributed by atoms with Gasteiger partial charge in [-0.25, -0.2) is 8.42 Å². The standard InChI is InChI=1S/C15H24N4O3S2/c1-10(14(20)16-12-5-3-4-6-12)23-15-18-17-13(19(15)2)11-7-8-24(21,22)9-11/h10-12H,3-9H2,1-2H3,(H,16,20). The highest BCUT2D eigenvalue weighted by molar-refractivity contribution is 8.00. The molecule has 24 heavy (non-hydrogen) atoms. The van der Waals surface area contributed by atoms with E-state index in [0.717, 1.165) is 12.8 Å². The van der Waals surface area contributed by atoms with Gasteiger partial charge >= 0.3 is 0 Å². The number of amides is 1. The molecule has 1 aliphatic heterocycles. The lowest BCUT2D eigenvalue weighted by molar-refractivity contribution is -0.120. The summed E-state index contributed by atoms with van der Waals surface area (Å²) in [7, 11) is -1.12. The van der Waals surface area contributed by atoms with Crippen LogP contribution in [-0.2, 0) is 21.7 Å². The van der Waals surface area contributed by atoms with Crippen LogP contribution in [0.1, 0.15) is 50.8 Å². The molecule has 1 N–H and O–H groups in total. The molecule has 7 nitrogen and oxygen atoms in total. The fourth-order valence-electron chi connectivity index (χ4n) is 3.38. The molecular weight excluding hydrogens is 348 g/mol. The van der Waals surface area contributed by atoms with Crippen molar-refractivity contribution in [3.8, 4) is 0 Å². The summed E-state index contributed by atoms with van der Waals surface area (Å²) in [5.74, 6) is 0.987. The van der Waals surface area contributed by atoms with Gasteiger partial charge < -0.3 is 9.88 Å². The summed E-state index contributed by atoms with van der Waals surface area (Å²) in [6, 6.07) is 0.305. The third-order valence-electron chi connectivity index (χ3n) is 4.82. The lowest BCUT2D eigenvalue weighted by Crippen LogP contribution is -2.37. The van der Waals surface area contributed by atoms with Gasteiger partial charge in [0.1, 0.15) is 5.82 Å². The number of carbonyl (C=O) groups excluding carboxylic acids is 1. The molecule has 2 unspecified atom stereocenters. The van der Waals surface area contributed by atoms with Crippen LogP contribution in [0.15, 0.2) is 5.16 Å². The van der Waals surface area contributed by atoms with Crippen molar-refractivity contribution in [3.05, 3.63) is 5.82 Å². The number of hydrogen-bond acceptors (Lipinski definition) is 6. The first-order valence-corrected chi connectivity index (χ1v) is 11.1. The molecule has 1 aromatic heterocycles. The van der Waals surface area contributed by atoms with Crippen LogP contribution in [0, 0.1) is 0 Å². The Hall–Kier alpha value is -1.09. The number of nitrogens with one attached hydrogen (secondary N) is 1. The monoisotopic (exact) mass is 372 g/mol. The molecule has 1 amide bonds. The molecule has 134 valence electrons. The second-order valence-corrected chi connectivity index (χ2v) is 10.3. The fourth-order valence-corrected chi connectivity index (χ4v) is 5.95. The third kappa shape index (κ3) is 3.93. The van der Waals surface area contributed by atoms with Crippen LogP contribution in [0.3, 0.4) is 0 Å². The SMILES string of the molecule is CC(Sc1nnc(C2CCS(=O)(=O)C2)n1C)C(=O)NC1CCCC1. The van der Waals surface area contributed by atoms with Gasteiger partial charge in [-0.2, -0.15) is 0 Å². The van der Waals surface area contributed by atoms with Gasteiger partial charge in [0.2, 0.25) is 5.91 Å². The zero-order valence-electron chi connectivity index (χ0n) is 14.1. The van der Waals surface area contributed by atoms with Crippen LogP contribution < -0.4 is 5.32 Å². The van der Waals surface area contributed by atoms with E-state index in [-0.39, 0.29) is 28.6 Å². The lowest BCUT2D eigenvalue weighted by Gasteiger charge is -2.16. The molecule has 1 saturated heterocycles. The maximum Gasteiger partial charge on any atom is 0.233 e. The maximum absolute atomic E-state index is 12.3. The van der Waals surface area contributed by atoms with Crippen molar-refractivity contribution in [2.24, 2.45) is 7.05 Å². The molecule has 1 aliphatic carbocycles. The summed E-state index contributed by atoms with van der Waals surface area (Å²) in [4.78, 5) is 12.3. The van der Waals surface area contributed by atoms with Crippen LogP contribution in [0.25, 0.3) is 0 Å². The van der Waals surface area contributed by atoms with Gasteiger partial charge in [0.05, 0.1) is 16.8 Å². The van der Waals surface area contributed by atoms with Gasteiger partial charge in [-0.15, -0.1) is 10.2 Å². The van der Waals surface area contributed by atoms with Crippen LogP contribution in [-0.4, -0.2) is 51.9 Å². The number of rotatable bonds is 5. The van der Waals surface area contributed by atoms with Gasteiger partial charge in [-0.1, -0.05) is 24.6 Å². The number of hydrogen-bond donors (Lipinski definition) is 1. The minimum atomic E-state index is -2.95. The smallest absolute Gasteiger partial charge is 0.233 e. The minimum absolute atomic E-state index is 0.0277. The lowest BCUT2D eigenvalue weighted by atomic mass is 10.1. The third-order valence-corrected chi connectivity index (χ3v) is 7.72. The number of nitrogens with zero attached hydrogens (tertiary/aromatic N) is 3. The van der Waals surface area contributed by atoms with E-state index >= 15 is 0 Å². The van der Waals surface area contributed by atoms with Crippen molar-refractivity contribution in [1.82, 2.24) is 20.1 Å². The molecule has 2 fully saturated rings. The largest absolute Gasteiger partial charge is 0.352 e. The summed E-state index contributed by atoms with van der Waals surface area (Å²) in [6.07, 6.45) is 5.09. The van der Waals surface area contributed by atoms with Crippen LogP contribution in [0.5, 0.6) is 0 Å². The molecule has 2 aliphatic rings. The first-order valence-electron chi connectivity index (χ1n) is 8.42. The summed E-state index contributed by atoms with van der Waals surface area (Å²) in [6.45, 7) is 1.86. The van der Waals surface area contributed by atoms with Crippen molar-refractivity contribution >= 4 is 27.5 Å². The van der Waals surface area contributed by atoms with Gasteiger partial charge in [0.25, 0.3) is 0 Å². The molecule has 2 heterocycles. The highest BCUT2D eigenvalue weighted by Gasteiger charge is 2.33. The second-order valence-electron chi connectivity index (χ2n) is 6.75. The Morgan fingerprint density at radius 2 is 2.00 bits per heavy atom. The van der Waals surface area contributed by atoms with E-state index in [2.05, 4.69) is 15.5 Å². The Morgan fingerprint density at radius 3 is 2.62 bits per heavy atom. The number of aromatic nitrogens is 3. The van der Waals surface area contributed by atoms with Crippen molar-refractivity contribution in [2.45, 2.75) is 61.4 Å². The average molecular weight is 373 g/mol. The van der Waals surface area contributed by atoms with Crippen LogP contribution >= 0.6 is 11.8 Å². The van der Waals surface area contributed by atoms with E-state index in [1.165, 1.54) is 24.6 Å². The average Bonchev–Trinajstić information content (AvgIpc) is 3.22. The normalized spacial score (nSPS) is 25.0. The predicted molar refractivity (Wildman–Crippen MR) is 92.7 cm³/mol. The van der Waals surface area contributed by atoms with Crippen LogP contribution in [0.4, 0.5) is 0 Å². The summed E-state index contributed by atoms with van der Waals surface area (Å²) in [5, 5.41) is 11.8. The van der Waals surface area contributed by atoms with E-state index in [9.17, 15) is 13.2 Å². The molecule has 2 atom stereocenters. The summed E-state index contributed by atoms with van der Waals surface area (Å²) in [5.41, 5.74) is 0. The van der Waals surface area contributed by atoms with Crippen molar-refractivity contribution < 1.29 is 13.2 Å². The second kappa shape index (κ2) is 7.03. The van der Waals surface area contributed by atoms with E-state index in [1.54, 1.807) is 0 Å². The maximum atomic E-state index is 12.3. The van der Waals surface area contributed by atoms with Crippen molar-refractivity contribution in [1.29, 1.82) is 0 Å². The molecule has 1 saturated carbocycles. The number of thioether (sulfide) groups is 1. The quantitative estimate of drug-likeness (QED) is 0.782. The van der Waals surface area contributed by atoms with E-state index in [0.29, 0.717) is 23.4 Å². The zero-order valence-corrected chi connectivity index (χ0v) is 15.7. The molecule has 0 radical (unpaired) electrons. The van der Waals surface area contributed by atoms with Gasteiger partial charge in [0, 0.05) is 19.0 Å². The number of carbonyl (C=O) groups is 1. The first-order chi connectivity index (χ1) is 11.4. The van der Waals surface area contributed by atoms with E-state index in [4.69, 9.17) is 0 Å². The summed E-state index contributed by atoms with van der Waals surface area (Å²) >= 11 is 1.37. The topological polar surface area (TPSA) is 93.9 Å². The Labute approximate surface area is 146 Å². The molecule has 3 rings (SSSR count). The fraction of sp³-hybridized carbons (Fsp3) is 0.800. The summed E-state index contributed by atoms with van der Waals surface area (Å²) < 4.78 is 25.1. The molecule has 0 aromatic carbocycles. The highest BCUT2D eigenvalue weighted by atomic mass is 32.2. The zero-order chi connectivity index (χ0) is 17.3. The Kier molecular flexibility index (Phi) is 5.19. The molecule has 9 heteroatoms. The first kappa shape index (κ1) is 17.7. The number of sulfone groups is 1.